The van der Waals surface area contributed by atoms with Gasteiger partial charge in [-0.15, -0.1) is 0 Å². The first-order valence-corrected chi connectivity index (χ1v) is 9.16. The second kappa shape index (κ2) is 7.08. The number of fused-ring (bicyclic) bond motifs is 2. The molecule has 0 bridgehead atoms. The predicted molar refractivity (Wildman–Crippen MR) is 103 cm³/mol. The van der Waals surface area contributed by atoms with E-state index in [1.54, 1.807) is 0 Å². The van der Waals surface area contributed by atoms with Crippen LogP contribution in [-0.4, -0.2) is 52.9 Å². The van der Waals surface area contributed by atoms with Crippen LogP contribution >= 0.6 is 0 Å². The summed E-state index contributed by atoms with van der Waals surface area (Å²) in [4.78, 5) is 33.6. The largest absolute Gasteiger partial charge is 0.489 e. The number of nitrogen functional groups attached to an aromatic ring is 1. The molecule has 2 aliphatic rings. The molecule has 3 heterocycles. The third kappa shape index (κ3) is 3.24. The smallest absolute Gasteiger partial charge is 0.286 e. The van der Waals surface area contributed by atoms with Gasteiger partial charge >= 0.3 is 0 Å². The number of nitrogens with one attached hydrogen (secondary N) is 1. The van der Waals surface area contributed by atoms with Crippen molar-refractivity contribution in [1.82, 2.24) is 14.9 Å². The van der Waals surface area contributed by atoms with Gasteiger partial charge in [-0.2, -0.15) is 0 Å². The number of ether oxygens (including phenoxy) is 1. The molecule has 1 aromatic carbocycles. The molecule has 2 amide bonds. The number of benzene rings is 1. The first-order valence-electron chi connectivity index (χ1n) is 9.16. The van der Waals surface area contributed by atoms with Crippen LogP contribution in [-0.2, 0) is 10.2 Å². The number of likely N-dealkylation sites (tertiary alicyclic amines) is 1. The van der Waals surface area contributed by atoms with Gasteiger partial charge in [-0.3, -0.25) is 14.5 Å². The quantitative estimate of drug-likeness (QED) is 0.641. The maximum Gasteiger partial charge on any atom is 0.286 e. The second-order valence-corrected chi connectivity index (χ2v) is 7.14. The zero-order valence-corrected chi connectivity index (χ0v) is 15.4. The number of piperidine rings is 1. The molecule has 146 valence electrons. The minimum absolute atomic E-state index is 0.0376. The van der Waals surface area contributed by atoms with Crippen molar-refractivity contribution < 1.29 is 14.3 Å². The normalized spacial score (nSPS) is 17.9. The van der Waals surface area contributed by atoms with Gasteiger partial charge in [0.25, 0.3) is 5.91 Å². The number of anilines is 2. The van der Waals surface area contributed by atoms with Gasteiger partial charge in [-0.05, 0) is 49.7 Å². The highest BCUT2D eigenvalue weighted by atomic mass is 16.5. The van der Waals surface area contributed by atoms with E-state index in [1.165, 1.54) is 12.4 Å². The van der Waals surface area contributed by atoms with Crippen molar-refractivity contribution in [2.45, 2.75) is 18.3 Å². The highest BCUT2D eigenvalue weighted by molar-refractivity contribution is 6.06. The van der Waals surface area contributed by atoms with Crippen molar-refractivity contribution in [2.75, 3.05) is 37.3 Å². The molecule has 0 unspecified atom stereocenters. The Morgan fingerprint density at radius 2 is 1.96 bits per heavy atom. The van der Waals surface area contributed by atoms with E-state index in [1.807, 2.05) is 18.2 Å². The molecular formula is C19H22N6O3. The van der Waals surface area contributed by atoms with E-state index in [9.17, 15) is 9.59 Å². The van der Waals surface area contributed by atoms with Gasteiger partial charge in [-0.25, -0.2) is 9.97 Å². The van der Waals surface area contributed by atoms with Gasteiger partial charge in [0.05, 0.1) is 17.8 Å². The molecular weight excluding hydrogens is 360 g/mol. The highest BCUT2D eigenvalue weighted by Crippen LogP contribution is 2.45. The van der Waals surface area contributed by atoms with Crippen LogP contribution in [0.2, 0.25) is 0 Å². The van der Waals surface area contributed by atoms with Crippen molar-refractivity contribution >= 4 is 23.2 Å². The Balaban J connectivity index is 1.32. The number of nitrogens with two attached hydrogens (primary N) is 2. The second-order valence-electron chi connectivity index (χ2n) is 7.14. The Kier molecular flexibility index (Phi) is 4.60. The summed E-state index contributed by atoms with van der Waals surface area (Å²) in [6.07, 6.45) is 4.35. The Morgan fingerprint density at radius 3 is 2.64 bits per heavy atom. The van der Waals surface area contributed by atoms with E-state index in [0.717, 1.165) is 43.7 Å². The number of carbonyl (C=O) groups excluding carboxylic acids is 2. The molecule has 28 heavy (non-hydrogen) atoms. The Labute approximate surface area is 162 Å². The molecule has 0 radical (unpaired) electrons. The van der Waals surface area contributed by atoms with E-state index < -0.39 is 11.3 Å². The number of amides is 2. The molecule has 0 saturated carbocycles. The van der Waals surface area contributed by atoms with Gasteiger partial charge < -0.3 is 21.5 Å². The fraction of sp³-hybridized carbons (Fsp3) is 0.368. The summed E-state index contributed by atoms with van der Waals surface area (Å²) in [5, 5.41) is 2.99. The number of hydrogen-bond donors (Lipinski definition) is 3. The van der Waals surface area contributed by atoms with Crippen LogP contribution in [0.25, 0.3) is 0 Å². The SMILES string of the molecule is NC(=O)c1ncc(OCCN2CCC3(CC2)C(=O)Nc2ccc(N)cc23)cn1. The fourth-order valence-corrected chi connectivity index (χ4v) is 3.90. The average molecular weight is 382 g/mol. The highest BCUT2D eigenvalue weighted by Gasteiger charge is 2.48. The summed E-state index contributed by atoms with van der Waals surface area (Å²) in [6, 6.07) is 5.61. The standard InChI is InChI=1S/C19H22N6O3/c20-12-1-2-15-14(9-12)19(18(27)24-15)3-5-25(6-4-19)7-8-28-13-10-22-17(16(21)26)23-11-13/h1-2,9-11H,3-8,20H2,(H2,21,26)(H,24,27). The lowest BCUT2D eigenvalue weighted by atomic mass is 9.73. The number of hydrogen-bond acceptors (Lipinski definition) is 7. The van der Waals surface area contributed by atoms with E-state index >= 15 is 0 Å². The number of rotatable bonds is 5. The van der Waals surface area contributed by atoms with Crippen LogP contribution in [0, 0.1) is 0 Å². The van der Waals surface area contributed by atoms with Crippen molar-refractivity contribution in [3.8, 4) is 5.75 Å². The number of primary amides is 1. The molecule has 0 aliphatic carbocycles. The minimum Gasteiger partial charge on any atom is -0.489 e. The maximum absolute atomic E-state index is 12.7. The zero-order chi connectivity index (χ0) is 19.7. The fourth-order valence-electron chi connectivity index (χ4n) is 3.90. The van der Waals surface area contributed by atoms with Gasteiger partial charge in [-0.1, -0.05) is 0 Å². The minimum atomic E-state index is -0.673. The van der Waals surface area contributed by atoms with Gasteiger partial charge in [0.1, 0.15) is 6.61 Å². The van der Waals surface area contributed by atoms with Crippen LogP contribution in [0.1, 0.15) is 29.0 Å². The Morgan fingerprint density at radius 1 is 1.25 bits per heavy atom. The number of aromatic nitrogens is 2. The lowest BCUT2D eigenvalue weighted by molar-refractivity contribution is -0.122. The molecule has 9 nitrogen and oxygen atoms in total. The maximum atomic E-state index is 12.7. The van der Waals surface area contributed by atoms with Crippen molar-refractivity contribution in [3.63, 3.8) is 0 Å². The van der Waals surface area contributed by atoms with E-state index in [2.05, 4.69) is 20.2 Å². The first kappa shape index (κ1) is 18.2. The molecule has 5 N–H and O–H groups in total. The third-order valence-electron chi connectivity index (χ3n) is 5.48. The van der Waals surface area contributed by atoms with Gasteiger partial charge in [0.2, 0.25) is 11.7 Å². The van der Waals surface area contributed by atoms with Crippen molar-refractivity contribution in [2.24, 2.45) is 5.73 Å². The van der Waals surface area contributed by atoms with Crippen LogP contribution < -0.4 is 21.5 Å². The summed E-state index contributed by atoms with van der Waals surface area (Å²) in [5.74, 6) is -0.161. The molecule has 0 atom stereocenters. The van der Waals surface area contributed by atoms with E-state index in [0.29, 0.717) is 18.0 Å². The summed E-state index contributed by atoms with van der Waals surface area (Å²) >= 11 is 0. The van der Waals surface area contributed by atoms with Crippen molar-refractivity contribution in [3.05, 3.63) is 42.0 Å². The van der Waals surface area contributed by atoms with Crippen LogP contribution in [0.3, 0.4) is 0 Å². The van der Waals surface area contributed by atoms with Crippen LogP contribution in [0.15, 0.2) is 30.6 Å². The Bertz CT molecular complexity index is 906. The average Bonchev–Trinajstić information content (AvgIpc) is 2.95. The van der Waals surface area contributed by atoms with E-state index in [4.69, 9.17) is 16.2 Å². The summed E-state index contributed by atoms with van der Waals surface area (Å²) < 4.78 is 5.64. The lowest BCUT2D eigenvalue weighted by Gasteiger charge is -2.37. The number of nitrogens with zero attached hydrogens (tertiary/aromatic N) is 3. The third-order valence-corrected chi connectivity index (χ3v) is 5.48. The predicted octanol–water partition coefficient (Wildman–Crippen LogP) is 0.522. The topological polar surface area (TPSA) is 136 Å². The molecule has 1 fully saturated rings. The Hall–Kier alpha value is -3.20. The first-order chi connectivity index (χ1) is 13.5. The number of carbonyl (C=O) groups is 2. The monoisotopic (exact) mass is 382 g/mol. The molecule has 1 spiro atoms. The summed E-state index contributed by atoms with van der Waals surface area (Å²) in [6.45, 7) is 2.77. The van der Waals surface area contributed by atoms with Crippen molar-refractivity contribution in [1.29, 1.82) is 0 Å². The lowest BCUT2D eigenvalue weighted by Crippen LogP contribution is -2.47. The molecule has 2 aliphatic heterocycles. The summed E-state index contributed by atoms with van der Waals surface area (Å²) in [7, 11) is 0. The molecule has 2 aromatic rings. The summed E-state index contributed by atoms with van der Waals surface area (Å²) in [5.41, 5.74) is 13.1. The van der Waals surface area contributed by atoms with Crippen LogP contribution in [0.5, 0.6) is 5.75 Å². The molecule has 1 aromatic heterocycles. The molecule has 4 rings (SSSR count). The van der Waals surface area contributed by atoms with Gasteiger partial charge in [0, 0.05) is 17.9 Å². The van der Waals surface area contributed by atoms with Crippen LogP contribution in [0.4, 0.5) is 11.4 Å². The molecule has 1 saturated heterocycles. The zero-order valence-electron chi connectivity index (χ0n) is 15.4. The van der Waals surface area contributed by atoms with Gasteiger partial charge in [0.15, 0.2) is 5.75 Å². The van der Waals surface area contributed by atoms with E-state index in [-0.39, 0.29) is 11.7 Å². The molecule has 9 heteroatoms.